The molecule has 8 heteroatoms. The Balaban J connectivity index is 2.03. The van der Waals surface area contributed by atoms with E-state index in [-0.39, 0.29) is 18.4 Å². The molecule has 21 heavy (non-hydrogen) atoms. The van der Waals surface area contributed by atoms with Gasteiger partial charge in [0, 0.05) is 23.6 Å². The summed E-state index contributed by atoms with van der Waals surface area (Å²) in [6.07, 6.45) is 1.19. The first-order valence-electron chi connectivity index (χ1n) is 6.49. The van der Waals surface area contributed by atoms with Crippen molar-refractivity contribution in [1.29, 1.82) is 0 Å². The molecule has 0 saturated carbocycles. The molecule has 0 spiro atoms. The number of carboxylic acid groups (broad SMARTS) is 1. The van der Waals surface area contributed by atoms with Gasteiger partial charge in [-0.3, -0.25) is 10.1 Å². The highest BCUT2D eigenvalue weighted by atomic mass is 79.9. The second-order valence-corrected chi connectivity index (χ2v) is 5.70. The van der Waals surface area contributed by atoms with Crippen LogP contribution in [0, 0.1) is 10.1 Å². The van der Waals surface area contributed by atoms with E-state index in [1.165, 1.54) is 6.07 Å². The van der Waals surface area contributed by atoms with E-state index < -0.39 is 10.9 Å². The second-order valence-electron chi connectivity index (χ2n) is 4.78. The zero-order chi connectivity index (χ0) is 15.4. The number of carboxylic acids is 1. The molecule has 0 amide bonds. The summed E-state index contributed by atoms with van der Waals surface area (Å²) in [5, 5.41) is 19.7. The van der Waals surface area contributed by atoms with Gasteiger partial charge in [0.2, 0.25) is 0 Å². The second kappa shape index (κ2) is 6.86. The molecule has 0 bridgehead atoms. The van der Waals surface area contributed by atoms with Crippen molar-refractivity contribution in [3.8, 4) is 0 Å². The van der Waals surface area contributed by atoms with Gasteiger partial charge in [0.05, 0.1) is 11.0 Å². The molecule has 0 aliphatic carbocycles. The van der Waals surface area contributed by atoms with Crippen LogP contribution in [0.25, 0.3) is 0 Å². The van der Waals surface area contributed by atoms with Gasteiger partial charge in [0.25, 0.3) is 5.69 Å². The van der Waals surface area contributed by atoms with Gasteiger partial charge in [0.15, 0.2) is 0 Å². The number of nitrogens with zero attached hydrogens (tertiary/aromatic N) is 2. The largest absolute Gasteiger partial charge is 0.480 e. The molecule has 7 nitrogen and oxygen atoms in total. The smallest absolute Gasteiger partial charge is 0.329 e. The molecule has 0 unspecified atom stereocenters. The van der Waals surface area contributed by atoms with Gasteiger partial charge in [-0.05, 0) is 25.0 Å². The van der Waals surface area contributed by atoms with Crippen LogP contribution < -0.4 is 4.90 Å². The summed E-state index contributed by atoms with van der Waals surface area (Å²) < 4.78 is 6.05. The predicted octanol–water partition coefficient (Wildman–Crippen LogP) is 2.43. The number of ether oxygens (including phenoxy) is 1. The predicted molar refractivity (Wildman–Crippen MR) is 79.6 cm³/mol. The Morgan fingerprint density at radius 2 is 2.14 bits per heavy atom. The van der Waals surface area contributed by atoms with Crippen molar-refractivity contribution in [2.24, 2.45) is 0 Å². The average molecular weight is 359 g/mol. The fourth-order valence-electron chi connectivity index (χ4n) is 2.36. The van der Waals surface area contributed by atoms with E-state index in [2.05, 4.69) is 15.9 Å². The van der Waals surface area contributed by atoms with Crippen LogP contribution in [0.4, 0.5) is 11.4 Å². The molecule has 1 aromatic rings. The van der Waals surface area contributed by atoms with Crippen LogP contribution in [0.2, 0.25) is 0 Å². The molecule has 1 N–H and O–H groups in total. The number of hydrogen-bond donors (Lipinski definition) is 1. The first kappa shape index (κ1) is 15.7. The van der Waals surface area contributed by atoms with E-state index in [1.807, 2.05) is 4.90 Å². The van der Waals surface area contributed by atoms with Crippen molar-refractivity contribution in [2.45, 2.75) is 18.9 Å². The van der Waals surface area contributed by atoms with Crippen LogP contribution in [-0.4, -0.2) is 41.8 Å². The highest BCUT2D eigenvalue weighted by Crippen LogP contribution is 2.33. The third-order valence-electron chi connectivity index (χ3n) is 3.36. The van der Waals surface area contributed by atoms with Crippen LogP contribution in [0.3, 0.4) is 0 Å². The monoisotopic (exact) mass is 358 g/mol. The standard InChI is InChI=1S/C13H15BrN2O5/c14-9-1-2-11(16(19)20)12(7-9)15-5-3-10(4-6-15)21-8-13(17)18/h1-2,7,10H,3-6,8H2,(H,17,18). The summed E-state index contributed by atoms with van der Waals surface area (Å²) in [6.45, 7) is 0.894. The maximum atomic E-state index is 11.1. The van der Waals surface area contributed by atoms with E-state index in [1.54, 1.807) is 12.1 Å². The third kappa shape index (κ3) is 4.15. The third-order valence-corrected chi connectivity index (χ3v) is 3.85. The molecule has 1 fully saturated rings. The van der Waals surface area contributed by atoms with Gasteiger partial charge >= 0.3 is 5.97 Å². The highest BCUT2D eigenvalue weighted by molar-refractivity contribution is 9.10. The number of aliphatic carboxylic acids is 1. The number of carbonyl (C=O) groups is 1. The van der Waals surface area contributed by atoms with Gasteiger partial charge in [0.1, 0.15) is 12.3 Å². The summed E-state index contributed by atoms with van der Waals surface area (Å²) in [6, 6.07) is 4.85. The van der Waals surface area contributed by atoms with Crippen molar-refractivity contribution in [3.63, 3.8) is 0 Å². The van der Waals surface area contributed by atoms with Gasteiger partial charge < -0.3 is 14.7 Å². The summed E-state index contributed by atoms with van der Waals surface area (Å²) in [5.41, 5.74) is 0.647. The minimum atomic E-state index is -0.986. The number of anilines is 1. The summed E-state index contributed by atoms with van der Waals surface area (Å²) in [7, 11) is 0. The lowest BCUT2D eigenvalue weighted by atomic mass is 10.1. The Morgan fingerprint density at radius 3 is 2.71 bits per heavy atom. The molecule has 0 atom stereocenters. The highest BCUT2D eigenvalue weighted by Gasteiger charge is 2.25. The number of rotatable bonds is 5. The van der Waals surface area contributed by atoms with Crippen LogP contribution in [0.1, 0.15) is 12.8 Å². The number of nitro benzene ring substituents is 1. The number of halogens is 1. The molecule has 0 radical (unpaired) electrons. The van der Waals surface area contributed by atoms with Gasteiger partial charge in [-0.2, -0.15) is 0 Å². The Kier molecular flexibility index (Phi) is 5.13. The lowest BCUT2D eigenvalue weighted by molar-refractivity contribution is -0.384. The molecule has 1 saturated heterocycles. The van der Waals surface area contributed by atoms with Gasteiger partial charge in [-0.25, -0.2) is 4.79 Å². The fraction of sp³-hybridized carbons (Fsp3) is 0.462. The molecule has 0 aromatic heterocycles. The zero-order valence-corrected chi connectivity index (χ0v) is 12.8. The van der Waals surface area contributed by atoms with Crippen molar-refractivity contribution in [2.75, 3.05) is 24.6 Å². The van der Waals surface area contributed by atoms with Crippen molar-refractivity contribution >= 4 is 33.3 Å². The quantitative estimate of drug-likeness (QED) is 0.641. The van der Waals surface area contributed by atoms with Crippen molar-refractivity contribution in [3.05, 3.63) is 32.8 Å². The van der Waals surface area contributed by atoms with Gasteiger partial charge in [-0.15, -0.1) is 0 Å². The van der Waals surface area contributed by atoms with E-state index in [0.29, 0.717) is 31.6 Å². The Morgan fingerprint density at radius 1 is 1.48 bits per heavy atom. The van der Waals surface area contributed by atoms with E-state index in [4.69, 9.17) is 9.84 Å². The maximum Gasteiger partial charge on any atom is 0.329 e. The summed E-state index contributed by atoms with van der Waals surface area (Å²) >= 11 is 3.33. The normalized spacial score (nSPS) is 16.0. The number of piperidine rings is 1. The van der Waals surface area contributed by atoms with E-state index in [9.17, 15) is 14.9 Å². The van der Waals surface area contributed by atoms with Gasteiger partial charge in [-0.1, -0.05) is 15.9 Å². The van der Waals surface area contributed by atoms with Crippen LogP contribution in [-0.2, 0) is 9.53 Å². The topological polar surface area (TPSA) is 92.9 Å². The lowest BCUT2D eigenvalue weighted by Crippen LogP contribution is -2.38. The maximum absolute atomic E-state index is 11.1. The molecular weight excluding hydrogens is 344 g/mol. The van der Waals surface area contributed by atoms with Crippen molar-refractivity contribution < 1.29 is 19.6 Å². The Labute approximate surface area is 129 Å². The Hall–Kier alpha value is -1.67. The van der Waals surface area contributed by atoms with E-state index >= 15 is 0 Å². The summed E-state index contributed by atoms with van der Waals surface area (Å²) in [4.78, 5) is 23.1. The van der Waals surface area contributed by atoms with Crippen LogP contribution in [0.5, 0.6) is 0 Å². The minimum Gasteiger partial charge on any atom is -0.480 e. The SMILES string of the molecule is O=C(O)COC1CCN(c2cc(Br)ccc2[N+](=O)[O-])CC1. The van der Waals surface area contributed by atoms with Crippen LogP contribution in [0.15, 0.2) is 22.7 Å². The number of nitro groups is 1. The van der Waals surface area contributed by atoms with E-state index in [0.717, 1.165) is 4.47 Å². The molecule has 2 rings (SSSR count). The summed E-state index contributed by atoms with van der Waals surface area (Å²) in [5.74, 6) is -0.986. The minimum absolute atomic E-state index is 0.0723. The average Bonchev–Trinajstić information content (AvgIpc) is 2.45. The Bertz CT molecular complexity index is 543. The molecular formula is C13H15BrN2O5. The molecule has 1 aliphatic rings. The molecule has 1 heterocycles. The number of benzene rings is 1. The number of hydrogen-bond acceptors (Lipinski definition) is 5. The fourth-order valence-corrected chi connectivity index (χ4v) is 2.71. The molecule has 1 aromatic carbocycles. The first-order chi connectivity index (χ1) is 9.97. The first-order valence-corrected chi connectivity index (χ1v) is 7.29. The van der Waals surface area contributed by atoms with Crippen LogP contribution >= 0.6 is 15.9 Å². The zero-order valence-electron chi connectivity index (χ0n) is 11.2. The molecule has 114 valence electrons. The van der Waals surface area contributed by atoms with Crippen molar-refractivity contribution in [1.82, 2.24) is 0 Å². The molecule has 1 aliphatic heterocycles. The lowest BCUT2D eigenvalue weighted by Gasteiger charge is -2.33.